The first-order valence-corrected chi connectivity index (χ1v) is 6.97. The Balaban J connectivity index is 2.32. The van der Waals surface area contributed by atoms with E-state index in [4.69, 9.17) is 34.8 Å². The number of nitrogens with one attached hydrogen (secondary N) is 1. The minimum atomic E-state index is -0.258. The van der Waals surface area contributed by atoms with Crippen LogP contribution in [0.3, 0.4) is 0 Å². The van der Waals surface area contributed by atoms with Crippen LogP contribution < -0.4 is 10.9 Å². The Hall–Kier alpha value is -1.23. The lowest BCUT2D eigenvalue weighted by atomic mass is 10.1. The SMILES string of the molecule is C[C@@H](Nc1cc(Cl)nn(C)c1=O)c1ccc(Cl)cc1Cl. The van der Waals surface area contributed by atoms with E-state index in [1.54, 1.807) is 19.2 Å². The summed E-state index contributed by atoms with van der Waals surface area (Å²) in [6, 6.07) is 6.54. The second-order valence-corrected chi connectivity index (χ2v) is 5.57. The van der Waals surface area contributed by atoms with Crippen LogP contribution in [0.4, 0.5) is 5.69 Å². The lowest BCUT2D eigenvalue weighted by molar-refractivity contribution is 0.705. The maximum atomic E-state index is 12.0. The Morgan fingerprint density at radius 2 is 1.95 bits per heavy atom. The van der Waals surface area contributed by atoms with Crippen molar-refractivity contribution in [1.29, 1.82) is 0 Å². The first-order valence-electron chi connectivity index (χ1n) is 5.84. The fourth-order valence-corrected chi connectivity index (χ4v) is 2.63. The van der Waals surface area contributed by atoms with Crippen molar-refractivity contribution >= 4 is 40.5 Å². The molecule has 0 radical (unpaired) electrons. The van der Waals surface area contributed by atoms with Crippen LogP contribution in [0, 0.1) is 0 Å². The maximum Gasteiger partial charge on any atom is 0.289 e. The number of hydrogen-bond donors (Lipinski definition) is 1. The Morgan fingerprint density at radius 3 is 2.60 bits per heavy atom. The van der Waals surface area contributed by atoms with Crippen molar-refractivity contribution in [3.8, 4) is 0 Å². The molecule has 0 aliphatic heterocycles. The van der Waals surface area contributed by atoms with E-state index in [1.165, 1.54) is 10.7 Å². The standard InChI is InChI=1S/C13H12Cl3N3O/c1-7(9-4-3-8(14)5-10(9)15)17-11-6-12(16)18-19(2)13(11)20/h3-7,17H,1-2H3/t7-/m1/s1. The van der Waals surface area contributed by atoms with Gasteiger partial charge in [-0.1, -0.05) is 40.9 Å². The minimum absolute atomic E-state index is 0.175. The van der Waals surface area contributed by atoms with E-state index in [-0.39, 0.29) is 16.8 Å². The molecule has 1 atom stereocenters. The van der Waals surface area contributed by atoms with Crippen LogP contribution in [0.15, 0.2) is 29.1 Å². The van der Waals surface area contributed by atoms with Crippen LogP contribution in [-0.2, 0) is 7.05 Å². The zero-order chi connectivity index (χ0) is 14.9. The summed E-state index contributed by atoms with van der Waals surface area (Å²) in [5.41, 5.74) is 0.948. The molecule has 1 aromatic heterocycles. The van der Waals surface area contributed by atoms with Gasteiger partial charge < -0.3 is 5.32 Å². The van der Waals surface area contributed by atoms with Crippen molar-refractivity contribution < 1.29 is 0 Å². The molecular weight excluding hydrogens is 321 g/mol. The van der Waals surface area contributed by atoms with Gasteiger partial charge in [0.1, 0.15) is 5.69 Å². The highest BCUT2D eigenvalue weighted by atomic mass is 35.5. The van der Waals surface area contributed by atoms with Gasteiger partial charge in [0.25, 0.3) is 5.56 Å². The summed E-state index contributed by atoms with van der Waals surface area (Å²) in [7, 11) is 1.54. The molecule has 0 saturated heterocycles. The fraction of sp³-hybridized carbons (Fsp3) is 0.231. The Bertz CT molecular complexity index is 700. The first kappa shape index (κ1) is 15.2. The molecule has 106 valence electrons. The number of halogens is 3. The van der Waals surface area contributed by atoms with Crippen LogP contribution in [-0.4, -0.2) is 9.78 Å². The van der Waals surface area contributed by atoms with Crippen LogP contribution in [0.5, 0.6) is 0 Å². The number of rotatable bonds is 3. The van der Waals surface area contributed by atoms with Crippen molar-refractivity contribution in [3.63, 3.8) is 0 Å². The highest BCUT2D eigenvalue weighted by Crippen LogP contribution is 2.28. The molecule has 0 aliphatic rings. The summed E-state index contributed by atoms with van der Waals surface area (Å²) in [5, 5.41) is 8.25. The van der Waals surface area contributed by atoms with Gasteiger partial charge in [0.2, 0.25) is 0 Å². The molecule has 0 aliphatic carbocycles. The van der Waals surface area contributed by atoms with Crippen LogP contribution in [0.2, 0.25) is 15.2 Å². The molecule has 2 aromatic rings. The summed E-state index contributed by atoms with van der Waals surface area (Å²) in [4.78, 5) is 12.0. The van der Waals surface area contributed by atoms with Gasteiger partial charge >= 0.3 is 0 Å². The Kier molecular flexibility index (Phi) is 4.58. The minimum Gasteiger partial charge on any atom is -0.374 e. The van der Waals surface area contributed by atoms with Crippen LogP contribution in [0.1, 0.15) is 18.5 Å². The zero-order valence-electron chi connectivity index (χ0n) is 10.8. The third-order valence-electron chi connectivity index (χ3n) is 2.83. The van der Waals surface area contributed by atoms with Gasteiger partial charge in [-0.25, -0.2) is 4.68 Å². The van der Waals surface area contributed by atoms with Gasteiger partial charge in [0.05, 0.1) is 6.04 Å². The van der Waals surface area contributed by atoms with Crippen molar-refractivity contribution in [1.82, 2.24) is 9.78 Å². The number of aryl methyl sites for hydroxylation is 1. The predicted molar refractivity (Wildman–Crippen MR) is 83.0 cm³/mol. The number of benzene rings is 1. The van der Waals surface area contributed by atoms with Crippen molar-refractivity contribution in [2.45, 2.75) is 13.0 Å². The summed E-state index contributed by atoms with van der Waals surface area (Å²) in [6.07, 6.45) is 0. The Morgan fingerprint density at radius 1 is 1.25 bits per heavy atom. The number of anilines is 1. The second-order valence-electron chi connectivity index (χ2n) is 4.34. The normalized spacial score (nSPS) is 12.2. The molecule has 0 unspecified atom stereocenters. The van der Waals surface area contributed by atoms with E-state index >= 15 is 0 Å². The van der Waals surface area contributed by atoms with E-state index in [9.17, 15) is 4.79 Å². The topological polar surface area (TPSA) is 46.9 Å². The van der Waals surface area contributed by atoms with Gasteiger partial charge in [-0.15, -0.1) is 0 Å². The van der Waals surface area contributed by atoms with E-state index in [2.05, 4.69) is 10.4 Å². The number of nitrogens with zero attached hydrogens (tertiary/aromatic N) is 2. The number of aromatic nitrogens is 2. The molecule has 0 saturated carbocycles. The molecular formula is C13H12Cl3N3O. The average molecular weight is 333 g/mol. The summed E-state index contributed by atoms with van der Waals surface area (Å²) in [6.45, 7) is 1.89. The highest BCUT2D eigenvalue weighted by Gasteiger charge is 2.13. The first-order chi connectivity index (χ1) is 9.38. The van der Waals surface area contributed by atoms with E-state index < -0.39 is 0 Å². The van der Waals surface area contributed by atoms with Gasteiger partial charge in [0.15, 0.2) is 5.15 Å². The third-order valence-corrected chi connectivity index (χ3v) is 3.58. The van der Waals surface area contributed by atoms with Gasteiger partial charge in [-0.2, -0.15) is 5.10 Å². The molecule has 1 heterocycles. The number of hydrogen-bond acceptors (Lipinski definition) is 3. The zero-order valence-corrected chi connectivity index (χ0v) is 13.1. The summed E-state index contributed by atoms with van der Waals surface area (Å²) >= 11 is 17.9. The van der Waals surface area contributed by atoms with Gasteiger partial charge in [-0.05, 0) is 24.6 Å². The molecule has 1 N–H and O–H groups in total. The predicted octanol–water partition coefficient (Wildman–Crippen LogP) is 3.91. The fourth-order valence-electron chi connectivity index (χ4n) is 1.84. The monoisotopic (exact) mass is 331 g/mol. The average Bonchev–Trinajstić information content (AvgIpc) is 2.35. The van der Waals surface area contributed by atoms with E-state index in [1.807, 2.05) is 13.0 Å². The lowest BCUT2D eigenvalue weighted by Gasteiger charge is -2.17. The molecule has 1 aromatic carbocycles. The summed E-state index contributed by atoms with van der Waals surface area (Å²) < 4.78 is 1.18. The van der Waals surface area contributed by atoms with Crippen molar-refractivity contribution in [2.24, 2.45) is 7.05 Å². The molecule has 4 nitrogen and oxygen atoms in total. The largest absolute Gasteiger partial charge is 0.374 e. The van der Waals surface area contributed by atoms with Crippen LogP contribution in [0.25, 0.3) is 0 Å². The van der Waals surface area contributed by atoms with Crippen molar-refractivity contribution in [3.05, 3.63) is 55.4 Å². The van der Waals surface area contributed by atoms with E-state index in [0.717, 1.165) is 5.56 Å². The van der Waals surface area contributed by atoms with Crippen LogP contribution >= 0.6 is 34.8 Å². The Labute approximate surface area is 131 Å². The molecule has 20 heavy (non-hydrogen) atoms. The molecule has 0 bridgehead atoms. The molecule has 0 amide bonds. The lowest BCUT2D eigenvalue weighted by Crippen LogP contribution is -2.24. The molecule has 2 rings (SSSR count). The maximum absolute atomic E-state index is 12.0. The van der Waals surface area contributed by atoms with Crippen molar-refractivity contribution in [2.75, 3.05) is 5.32 Å². The third kappa shape index (κ3) is 3.26. The molecule has 0 fully saturated rings. The van der Waals surface area contributed by atoms with Gasteiger partial charge in [-0.3, -0.25) is 4.79 Å². The van der Waals surface area contributed by atoms with Gasteiger partial charge in [0, 0.05) is 23.2 Å². The smallest absolute Gasteiger partial charge is 0.289 e. The van der Waals surface area contributed by atoms with E-state index in [0.29, 0.717) is 15.7 Å². The highest BCUT2D eigenvalue weighted by molar-refractivity contribution is 6.35. The molecule has 0 spiro atoms. The molecule has 7 heteroatoms. The second kappa shape index (κ2) is 6.04. The summed E-state index contributed by atoms with van der Waals surface area (Å²) in [5.74, 6) is 0. The quantitative estimate of drug-likeness (QED) is 0.927.